The van der Waals surface area contributed by atoms with Crippen LogP contribution in [0.25, 0.3) is 0 Å². The number of carbonyl (C=O) groups is 2. The van der Waals surface area contributed by atoms with Crippen LogP contribution < -0.4 is 10.1 Å². The van der Waals surface area contributed by atoms with Gasteiger partial charge in [0.05, 0.1) is 0 Å². The molecule has 1 heterocycles. The molecule has 0 saturated carbocycles. The molecule has 1 amide bonds. The van der Waals surface area contributed by atoms with Crippen LogP contribution in [0.1, 0.15) is 41.2 Å². The van der Waals surface area contributed by atoms with E-state index in [1.54, 1.807) is 13.0 Å². The monoisotopic (exact) mass is 309 g/mol. The average molecular weight is 309 g/mol. The summed E-state index contributed by atoms with van der Waals surface area (Å²) in [6, 6.07) is 1.61. The van der Waals surface area contributed by atoms with E-state index in [1.165, 1.54) is 0 Å². The smallest absolute Gasteiger partial charge is 0.349 e. The molecule has 0 atom stereocenters. The fourth-order valence-electron chi connectivity index (χ4n) is 1.86. The molecule has 0 radical (unpaired) electrons. The molecule has 0 fully saturated rings. The van der Waals surface area contributed by atoms with E-state index in [9.17, 15) is 9.59 Å². The first-order valence-corrected chi connectivity index (χ1v) is 7.44. The summed E-state index contributed by atoms with van der Waals surface area (Å²) in [4.78, 5) is 23.9. The fraction of sp³-hybridized carbons (Fsp3) is 0.467. The van der Waals surface area contributed by atoms with Crippen molar-refractivity contribution in [1.29, 1.82) is 0 Å². The van der Waals surface area contributed by atoms with Gasteiger partial charge in [0.2, 0.25) is 0 Å². The Kier molecular flexibility index (Phi) is 5.79. The van der Waals surface area contributed by atoms with Crippen LogP contribution in [0.2, 0.25) is 0 Å². The molecular formula is C15H19NO4S. The SMILES string of the molecule is C#CC(CC)(CC)NC(=O)COc1cc(C)sc1C(=O)O. The van der Waals surface area contributed by atoms with Crippen molar-refractivity contribution in [3.05, 3.63) is 15.8 Å². The van der Waals surface area contributed by atoms with Crippen molar-refractivity contribution in [2.24, 2.45) is 0 Å². The maximum atomic E-state index is 11.9. The van der Waals surface area contributed by atoms with Gasteiger partial charge in [-0.2, -0.15) is 0 Å². The number of aromatic carboxylic acids is 1. The van der Waals surface area contributed by atoms with Crippen LogP contribution in [0, 0.1) is 19.3 Å². The Morgan fingerprint density at radius 1 is 1.48 bits per heavy atom. The molecule has 2 N–H and O–H groups in total. The summed E-state index contributed by atoms with van der Waals surface area (Å²) >= 11 is 1.11. The molecule has 5 nitrogen and oxygen atoms in total. The largest absolute Gasteiger partial charge is 0.482 e. The number of hydrogen-bond acceptors (Lipinski definition) is 4. The van der Waals surface area contributed by atoms with Gasteiger partial charge in [0.15, 0.2) is 11.5 Å². The highest BCUT2D eigenvalue weighted by Gasteiger charge is 2.25. The van der Waals surface area contributed by atoms with Crippen LogP contribution >= 0.6 is 11.3 Å². The molecule has 1 aromatic heterocycles. The number of nitrogens with one attached hydrogen (secondary N) is 1. The average Bonchev–Trinajstić information content (AvgIpc) is 2.84. The van der Waals surface area contributed by atoms with Gasteiger partial charge in [-0.3, -0.25) is 4.79 Å². The number of aryl methyl sites for hydroxylation is 1. The minimum atomic E-state index is -1.07. The zero-order chi connectivity index (χ0) is 16.0. The first-order valence-electron chi connectivity index (χ1n) is 6.62. The van der Waals surface area contributed by atoms with Gasteiger partial charge in [-0.1, -0.05) is 19.8 Å². The normalized spacial score (nSPS) is 10.8. The molecule has 0 aliphatic carbocycles. The molecule has 1 rings (SSSR count). The van der Waals surface area contributed by atoms with Crippen LogP contribution in [0.5, 0.6) is 5.75 Å². The lowest BCUT2D eigenvalue weighted by atomic mass is 9.94. The molecule has 0 aromatic carbocycles. The van der Waals surface area contributed by atoms with Gasteiger partial charge in [-0.15, -0.1) is 17.8 Å². The van der Waals surface area contributed by atoms with E-state index in [0.29, 0.717) is 12.8 Å². The summed E-state index contributed by atoms with van der Waals surface area (Å²) in [5.74, 6) is 1.38. The minimum absolute atomic E-state index is 0.0921. The van der Waals surface area contributed by atoms with Gasteiger partial charge in [-0.05, 0) is 25.8 Å². The second-order valence-electron chi connectivity index (χ2n) is 4.63. The third-order valence-electron chi connectivity index (χ3n) is 3.24. The molecule has 0 aliphatic rings. The molecule has 1 aromatic rings. The summed E-state index contributed by atoms with van der Waals surface area (Å²) in [7, 11) is 0. The summed E-state index contributed by atoms with van der Waals surface area (Å²) in [5.41, 5.74) is -0.680. The maximum absolute atomic E-state index is 11.9. The Bertz CT molecular complexity index is 567. The van der Waals surface area contributed by atoms with E-state index in [0.717, 1.165) is 16.2 Å². The Balaban J connectivity index is 2.70. The minimum Gasteiger partial charge on any atom is -0.482 e. The molecule has 0 unspecified atom stereocenters. The van der Waals surface area contributed by atoms with Crippen molar-refractivity contribution < 1.29 is 19.4 Å². The van der Waals surface area contributed by atoms with Crippen molar-refractivity contribution in [3.8, 4) is 18.1 Å². The van der Waals surface area contributed by atoms with Crippen molar-refractivity contribution in [2.75, 3.05) is 6.61 Å². The topological polar surface area (TPSA) is 75.6 Å². The third-order valence-corrected chi connectivity index (χ3v) is 4.26. The van der Waals surface area contributed by atoms with Crippen molar-refractivity contribution >= 4 is 23.2 Å². The number of amides is 1. The number of carbonyl (C=O) groups excluding carboxylic acids is 1. The van der Waals surface area contributed by atoms with Crippen LogP contribution in [0.15, 0.2) is 6.07 Å². The number of carboxylic acid groups (broad SMARTS) is 1. The first kappa shape index (κ1) is 17.1. The van der Waals surface area contributed by atoms with Crippen molar-refractivity contribution in [1.82, 2.24) is 5.32 Å². The summed E-state index contributed by atoms with van der Waals surface area (Å²) in [6.45, 7) is 5.31. The lowest BCUT2D eigenvalue weighted by molar-refractivity contribution is -0.124. The Morgan fingerprint density at radius 3 is 2.57 bits per heavy atom. The quantitative estimate of drug-likeness (QED) is 0.759. The Labute approximate surface area is 128 Å². The molecule has 0 aliphatic heterocycles. The zero-order valence-corrected chi connectivity index (χ0v) is 13.2. The number of carboxylic acids is 1. The highest BCUT2D eigenvalue weighted by atomic mass is 32.1. The van der Waals surface area contributed by atoms with Crippen LogP contribution in [0.3, 0.4) is 0 Å². The molecule has 114 valence electrons. The standard InChI is InChI=1S/C15H19NO4S/c1-5-15(6-2,7-3)16-12(17)9-20-11-8-10(4)21-13(11)14(18)19/h1,8H,6-7,9H2,2-4H3,(H,16,17)(H,18,19). The number of thiophene rings is 1. The summed E-state index contributed by atoms with van der Waals surface area (Å²) in [6.07, 6.45) is 6.70. The van der Waals surface area contributed by atoms with E-state index in [-0.39, 0.29) is 23.1 Å². The Hall–Kier alpha value is -2.00. The number of rotatable bonds is 7. The van der Waals surface area contributed by atoms with E-state index < -0.39 is 11.5 Å². The number of hydrogen-bond donors (Lipinski definition) is 2. The number of ether oxygens (including phenoxy) is 1. The molecular weight excluding hydrogens is 290 g/mol. The van der Waals surface area contributed by atoms with Crippen molar-refractivity contribution in [3.63, 3.8) is 0 Å². The van der Waals surface area contributed by atoms with E-state index in [2.05, 4.69) is 11.2 Å². The van der Waals surface area contributed by atoms with Gasteiger partial charge in [0.1, 0.15) is 11.3 Å². The highest BCUT2D eigenvalue weighted by Crippen LogP contribution is 2.28. The second-order valence-corrected chi connectivity index (χ2v) is 5.88. The highest BCUT2D eigenvalue weighted by molar-refractivity contribution is 7.14. The zero-order valence-electron chi connectivity index (χ0n) is 12.4. The fourth-order valence-corrected chi connectivity index (χ4v) is 2.65. The van der Waals surface area contributed by atoms with E-state index in [1.807, 2.05) is 13.8 Å². The lowest BCUT2D eigenvalue weighted by Crippen LogP contribution is -2.48. The first-order chi connectivity index (χ1) is 9.87. The lowest BCUT2D eigenvalue weighted by Gasteiger charge is -2.26. The predicted molar refractivity (Wildman–Crippen MR) is 81.8 cm³/mol. The van der Waals surface area contributed by atoms with Gasteiger partial charge in [0.25, 0.3) is 5.91 Å². The van der Waals surface area contributed by atoms with Gasteiger partial charge < -0.3 is 15.2 Å². The molecule has 0 bridgehead atoms. The van der Waals surface area contributed by atoms with Gasteiger partial charge in [0, 0.05) is 4.88 Å². The Morgan fingerprint density at radius 2 is 2.10 bits per heavy atom. The van der Waals surface area contributed by atoms with E-state index in [4.69, 9.17) is 16.3 Å². The second kappa shape index (κ2) is 7.14. The van der Waals surface area contributed by atoms with E-state index >= 15 is 0 Å². The van der Waals surface area contributed by atoms with Crippen molar-refractivity contribution in [2.45, 2.75) is 39.2 Å². The molecule has 21 heavy (non-hydrogen) atoms. The summed E-state index contributed by atoms with van der Waals surface area (Å²) < 4.78 is 5.31. The van der Waals surface area contributed by atoms with Gasteiger partial charge >= 0.3 is 5.97 Å². The van der Waals surface area contributed by atoms with Gasteiger partial charge in [-0.25, -0.2) is 4.79 Å². The molecule has 0 saturated heterocycles. The molecule has 0 spiro atoms. The predicted octanol–water partition coefficient (Wildman–Crippen LogP) is 2.44. The summed E-state index contributed by atoms with van der Waals surface area (Å²) in [5, 5.41) is 11.8. The van der Waals surface area contributed by atoms with Crippen LogP contribution in [-0.2, 0) is 4.79 Å². The maximum Gasteiger partial charge on any atom is 0.349 e. The van der Waals surface area contributed by atoms with Crippen LogP contribution in [0.4, 0.5) is 0 Å². The molecule has 6 heteroatoms. The third kappa shape index (κ3) is 4.23. The number of terminal acetylenes is 1. The van der Waals surface area contributed by atoms with Crippen LogP contribution in [-0.4, -0.2) is 29.1 Å².